The molecule has 0 aromatic heterocycles. The number of ether oxygens (including phenoxy) is 1. The van der Waals surface area contributed by atoms with Gasteiger partial charge < -0.3 is 10.1 Å². The van der Waals surface area contributed by atoms with E-state index in [1.165, 1.54) is 11.1 Å². The molecule has 3 heteroatoms. The number of alkyl halides is 1. The van der Waals surface area contributed by atoms with Crippen LogP contribution in [0.1, 0.15) is 31.1 Å². The van der Waals surface area contributed by atoms with Gasteiger partial charge in [0.05, 0.1) is 12.7 Å². The van der Waals surface area contributed by atoms with Crippen molar-refractivity contribution in [1.29, 1.82) is 0 Å². The Bertz CT molecular complexity index is 381. The summed E-state index contributed by atoms with van der Waals surface area (Å²) in [7, 11) is 0. The number of hydrogen-bond donors (Lipinski definition) is 1. The van der Waals surface area contributed by atoms with Gasteiger partial charge in [-0.1, -0.05) is 54.0 Å². The third kappa shape index (κ3) is 3.34. The van der Waals surface area contributed by atoms with Gasteiger partial charge in [0.2, 0.25) is 0 Å². The molecule has 0 amide bonds. The number of halogens is 1. The van der Waals surface area contributed by atoms with E-state index < -0.39 is 0 Å². The van der Waals surface area contributed by atoms with Gasteiger partial charge in [0.1, 0.15) is 0 Å². The van der Waals surface area contributed by atoms with Crippen LogP contribution in [0, 0.1) is 5.92 Å². The van der Waals surface area contributed by atoms with E-state index in [0.717, 1.165) is 24.9 Å². The summed E-state index contributed by atoms with van der Waals surface area (Å²) in [5.74, 6) is 0.628. The number of benzene rings is 1. The van der Waals surface area contributed by atoms with Crippen LogP contribution < -0.4 is 5.32 Å². The molecule has 2 atom stereocenters. The molecule has 2 unspecified atom stereocenters. The monoisotopic (exact) mass is 311 g/mol. The average molecular weight is 312 g/mol. The van der Waals surface area contributed by atoms with Crippen molar-refractivity contribution in [3.63, 3.8) is 0 Å². The Morgan fingerprint density at radius 1 is 1.39 bits per heavy atom. The average Bonchev–Trinajstić information content (AvgIpc) is 2.39. The largest absolute Gasteiger partial charge is 0.372 e. The Labute approximate surface area is 118 Å². The first-order valence-corrected chi connectivity index (χ1v) is 7.83. The molecule has 1 N–H and O–H groups in total. The lowest BCUT2D eigenvalue weighted by atomic mass is 9.97. The fraction of sp³-hybridized carbons (Fsp3) is 0.600. The number of hydrogen-bond acceptors (Lipinski definition) is 2. The van der Waals surface area contributed by atoms with Crippen LogP contribution in [-0.4, -0.2) is 24.5 Å². The molecule has 1 aromatic rings. The molecule has 0 spiro atoms. The van der Waals surface area contributed by atoms with Gasteiger partial charge in [0.25, 0.3) is 0 Å². The summed E-state index contributed by atoms with van der Waals surface area (Å²) in [5, 5.41) is 4.59. The van der Waals surface area contributed by atoms with E-state index in [1.807, 2.05) is 0 Å². The van der Waals surface area contributed by atoms with Crippen LogP contribution in [0.3, 0.4) is 0 Å². The molecule has 1 aliphatic heterocycles. The minimum absolute atomic E-state index is 0.204. The van der Waals surface area contributed by atoms with Crippen molar-refractivity contribution < 1.29 is 4.74 Å². The van der Waals surface area contributed by atoms with Crippen LogP contribution in [0.25, 0.3) is 0 Å². The molecule has 18 heavy (non-hydrogen) atoms. The van der Waals surface area contributed by atoms with Crippen LogP contribution in [0.15, 0.2) is 24.3 Å². The van der Waals surface area contributed by atoms with E-state index in [4.69, 9.17) is 4.74 Å². The zero-order chi connectivity index (χ0) is 13.0. The summed E-state index contributed by atoms with van der Waals surface area (Å²) in [6.07, 6.45) is 1.24. The second-order valence-electron chi connectivity index (χ2n) is 5.22. The molecule has 0 radical (unpaired) electrons. The molecule has 1 heterocycles. The molecule has 1 aliphatic rings. The summed E-state index contributed by atoms with van der Waals surface area (Å²) < 4.78 is 5.90. The number of fused-ring (bicyclic) bond motifs is 1. The van der Waals surface area contributed by atoms with Crippen molar-refractivity contribution in [3.8, 4) is 0 Å². The van der Waals surface area contributed by atoms with Crippen LogP contribution in [0.2, 0.25) is 0 Å². The summed E-state index contributed by atoms with van der Waals surface area (Å²) in [4.78, 5) is 0. The Kier molecular flexibility index (Phi) is 5.22. The standard InChI is InChI=1S/C15H22BrNO/c1-11(2)14(9-16)17-10-15-13-6-4-3-5-12(13)7-8-18-15/h3-6,11,14-15,17H,7-10H2,1-2H3. The van der Waals surface area contributed by atoms with E-state index in [1.54, 1.807) is 0 Å². The smallest absolute Gasteiger partial charge is 0.0952 e. The normalized spacial score (nSPS) is 20.8. The molecule has 2 rings (SSSR count). The van der Waals surface area contributed by atoms with Crippen LogP contribution in [0.5, 0.6) is 0 Å². The molecule has 0 saturated heterocycles. The van der Waals surface area contributed by atoms with Gasteiger partial charge in [-0.25, -0.2) is 0 Å². The maximum atomic E-state index is 5.90. The highest BCUT2D eigenvalue weighted by molar-refractivity contribution is 9.09. The first-order chi connectivity index (χ1) is 8.72. The molecule has 0 saturated carbocycles. The van der Waals surface area contributed by atoms with Crippen molar-refractivity contribution in [2.75, 3.05) is 18.5 Å². The third-order valence-corrected chi connectivity index (χ3v) is 4.33. The molecular weight excluding hydrogens is 290 g/mol. The zero-order valence-electron chi connectivity index (χ0n) is 11.2. The van der Waals surface area contributed by atoms with Gasteiger partial charge in [0.15, 0.2) is 0 Å². The molecule has 0 bridgehead atoms. The van der Waals surface area contributed by atoms with Gasteiger partial charge in [-0.2, -0.15) is 0 Å². The van der Waals surface area contributed by atoms with E-state index in [0.29, 0.717) is 12.0 Å². The highest BCUT2D eigenvalue weighted by Crippen LogP contribution is 2.26. The van der Waals surface area contributed by atoms with E-state index >= 15 is 0 Å². The predicted octanol–water partition coefficient (Wildman–Crippen LogP) is 3.31. The summed E-state index contributed by atoms with van der Waals surface area (Å²) >= 11 is 3.57. The van der Waals surface area contributed by atoms with Gasteiger partial charge in [-0.05, 0) is 23.5 Å². The van der Waals surface area contributed by atoms with Gasteiger partial charge in [0, 0.05) is 17.9 Å². The second-order valence-corrected chi connectivity index (χ2v) is 5.87. The summed E-state index contributed by atoms with van der Waals surface area (Å²) in [6.45, 7) is 6.22. The van der Waals surface area contributed by atoms with E-state index in [-0.39, 0.29) is 6.10 Å². The molecule has 0 aliphatic carbocycles. The quantitative estimate of drug-likeness (QED) is 0.842. The van der Waals surface area contributed by atoms with Crippen LogP contribution in [0.4, 0.5) is 0 Å². The van der Waals surface area contributed by atoms with Gasteiger partial charge in [-0.15, -0.1) is 0 Å². The molecular formula is C15H22BrNO. The highest BCUT2D eigenvalue weighted by Gasteiger charge is 2.21. The van der Waals surface area contributed by atoms with Crippen LogP contribution >= 0.6 is 15.9 Å². The van der Waals surface area contributed by atoms with Crippen molar-refractivity contribution in [3.05, 3.63) is 35.4 Å². The third-order valence-electron chi connectivity index (χ3n) is 3.63. The predicted molar refractivity (Wildman–Crippen MR) is 79.3 cm³/mol. The van der Waals surface area contributed by atoms with Gasteiger partial charge in [-0.3, -0.25) is 0 Å². The van der Waals surface area contributed by atoms with Crippen molar-refractivity contribution in [1.82, 2.24) is 5.32 Å². The Hall–Kier alpha value is -0.380. The Balaban J connectivity index is 1.99. The molecule has 100 valence electrons. The topological polar surface area (TPSA) is 21.3 Å². The first kappa shape index (κ1) is 14.0. The van der Waals surface area contributed by atoms with Gasteiger partial charge >= 0.3 is 0 Å². The number of nitrogens with one attached hydrogen (secondary N) is 1. The fourth-order valence-corrected chi connectivity index (χ4v) is 3.35. The van der Waals surface area contributed by atoms with Crippen LogP contribution in [-0.2, 0) is 11.2 Å². The molecule has 0 fully saturated rings. The fourth-order valence-electron chi connectivity index (χ4n) is 2.37. The van der Waals surface area contributed by atoms with Crippen molar-refractivity contribution in [2.45, 2.75) is 32.4 Å². The zero-order valence-corrected chi connectivity index (χ0v) is 12.7. The maximum Gasteiger partial charge on any atom is 0.0952 e. The minimum Gasteiger partial charge on any atom is -0.372 e. The SMILES string of the molecule is CC(C)C(CBr)NCC1OCCc2ccccc21. The molecule has 1 aromatic carbocycles. The lowest BCUT2D eigenvalue weighted by Gasteiger charge is -2.29. The Morgan fingerprint density at radius 3 is 2.89 bits per heavy atom. The maximum absolute atomic E-state index is 5.90. The highest BCUT2D eigenvalue weighted by atomic mass is 79.9. The second kappa shape index (κ2) is 6.69. The summed E-state index contributed by atoms with van der Waals surface area (Å²) in [6, 6.07) is 9.13. The molecule has 2 nitrogen and oxygen atoms in total. The first-order valence-electron chi connectivity index (χ1n) is 6.71. The van der Waals surface area contributed by atoms with E-state index in [2.05, 4.69) is 59.4 Å². The van der Waals surface area contributed by atoms with Crippen molar-refractivity contribution >= 4 is 15.9 Å². The lowest BCUT2D eigenvalue weighted by Crippen LogP contribution is -2.39. The lowest BCUT2D eigenvalue weighted by molar-refractivity contribution is 0.0402. The number of rotatable bonds is 5. The summed E-state index contributed by atoms with van der Waals surface area (Å²) in [5.41, 5.74) is 2.80. The van der Waals surface area contributed by atoms with Crippen molar-refractivity contribution in [2.24, 2.45) is 5.92 Å². The minimum atomic E-state index is 0.204. The Morgan fingerprint density at radius 2 is 2.17 bits per heavy atom. The van der Waals surface area contributed by atoms with E-state index in [9.17, 15) is 0 Å².